The van der Waals surface area contributed by atoms with Crippen molar-refractivity contribution in [3.05, 3.63) is 0 Å². The van der Waals surface area contributed by atoms with Crippen molar-refractivity contribution in [3.63, 3.8) is 0 Å². The number of rotatable bonds is 2. The lowest BCUT2D eigenvalue weighted by Gasteiger charge is -2.04. The number of halogens is 1. The van der Waals surface area contributed by atoms with Gasteiger partial charge in [0.2, 0.25) is 0 Å². The van der Waals surface area contributed by atoms with Crippen molar-refractivity contribution in [3.8, 4) is 0 Å². The molecule has 0 amide bonds. The van der Waals surface area contributed by atoms with Crippen LogP contribution in [0.2, 0.25) is 0 Å². The van der Waals surface area contributed by atoms with Gasteiger partial charge >= 0.3 is 0 Å². The summed E-state index contributed by atoms with van der Waals surface area (Å²) >= 11 is 0. The van der Waals surface area contributed by atoms with Gasteiger partial charge < -0.3 is 9.64 Å². The molecule has 9 heavy (non-hydrogen) atoms. The van der Waals surface area contributed by atoms with Gasteiger partial charge in [0.1, 0.15) is 0 Å². The standard InChI is InChI=1S/C6H13NO.ClH/c1-5-6(8-5)4-7(2)3;/h5-6H,4H2,1-3H3;1H. The Balaban J connectivity index is 0.000000640. The van der Waals surface area contributed by atoms with Crippen molar-refractivity contribution >= 4 is 12.4 Å². The van der Waals surface area contributed by atoms with E-state index in [0.29, 0.717) is 12.2 Å². The monoisotopic (exact) mass is 151 g/mol. The lowest BCUT2D eigenvalue weighted by molar-refractivity contribution is 0.316. The Hall–Kier alpha value is 0.210. The fourth-order valence-electron chi connectivity index (χ4n) is 0.782. The Morgan fingerprint density at radius 3 is 2.00 bits per heavy atom. The van der Waals surface area contributed by atoms with Gasteiger partial charge in [-0.3, -0.25) is 0 Å². The molecule has 3 heteroatoms. The van der Waals surface area contributed by atoms with Gasteiger partial charge in [-0.2, -0.15) is 0 Å². The average Bonchev–Trinajstić information content (AvgIpc) is 2.17. The quantitative estimate of drug-likeness (QED) is 0.542. The van der Waals surface area contributed by atoms with E-state index in [4.69, 9.17) is 4.74 Å². The van der Waals surface area contributed by atoms with Gasteiger partial charge in [-0.15, -0.1) is 12.4 Å². The highest BCUT2D eigenvalue weighted by Crippen LogP contribution is 2.20. The minimum absolute atomic E-state index is 0. The summed E-state index contributed by atoms with van der Waals surface area (Å²) in [7, 11) is 4.13. The van der Waals surface area contributed by atoms with Crippen LogP contribution in [0.5, 0.6) is 0 Å². The van der Waals surface area contributed by atoms with Crippen LogP contribution < -0.4 is 0 Å². The number of likely N-dealkylation sites (N-methyl/N-ethyl adjacent to an activating group) is 1. The van der Waals surface area contributed by atoms with Crippen molar-refractivity contribution in [2.45, 2.75) is 19.1 Å². The Kier molecular flexibility index (Phi) is 3.48. The second kappa shape index (κ2) is 3.40. The SMILES string of the molecule is CC1OC1CN(C)C.Cl. The summed E-state index contributed by atoms with van der Waals surface area (Å²) in [5, 5.41) is 0. The summed E-state index contributed by atoms with van der Waals surface area (Å²) in [6.07, 6.45) is 1.03. The first-order chi connectivity index (χ1) is 3.70. The zero-order chi connectivity index (χ0) is 6.15. The van der Waals surface area contributed by atoms with Crippen LogP contribution in [0.25, 0.3) is 0 Å². The molecular formula is C6H14ClNO. The normalized spacial score (nSPS) is 32.0. The van der Waals surface area contributed by atoms with Crippen molar-refractivity contribution in [1.29, 1.82) is 0 Å². The molecule has 1 saturated heterocycles. The summed E-state index contributed by atoms with van der Waals surface area (Å²) in [5.41, 5.74) is 0. The van der Waals surface area contributed by atoms with Crippen LogP contribution in [-0.4, -0.2) is 37.7 Å². The highest BCUT2D eigenvalue weighted by molar-refractivity contribution is 5.85. The molecule has 0 saturated carbocycles. The fourth-order valence-corrected chi connectivity index (χ4v) is 0.782. The predicted molar refractivity (Wildman–Crippen MR) is 40.1 cm³/mol. The molecule has 0 aromatic rings. The molecule has 0 N–H and O–H groups in total. The molecule has 2 unspecified atom stereocenters. The third-order valence-electron chi connectivity index (χ3n) is 1.38. The second-order valence-corrected chi connectivity index (χ2v) is 2.64. The van der Waals surface area contributed by atoms with Crippen molar-refractivity contribution in [1.82, 2.24) is 4.90 Å². The lowest BCUT2D eigenvalue weighted by Crippen LogP contribution is -2.18. The van der Waals surface area contributed by atoms with Crippen LogP contribution in [-0.2, 0) is 4.74 Å². The summed E-state index contributed by atoms with van der Waals surface area (Å²) in [6.45, 7) is 3.18. The van der Waals surface area contributed by atoms with Crippen LogP contribution in [0.4, 0.5) is 0 Å². The minimum Gasteiger partial charge on any atom is -0.368 e. The molecule has 2 nitrogen and oxygen atoms in total. The van der Waals surface area contributed by atoms with E-state index in [0.717, 1.165) is 6.54 Å². The average molecular weight is 152 g/mol. The molecule has 0 aliphatic carbocycles. The van der Waals surface area contributed by atoms with Crippen LogP contribution in [0, 0.1) is 0 Å². The minimum atomic E-state index is 0. The third-order valence-corrected chi connectivity index (χ3v) is 1.38. The Morgan fingerprint density at radius 1 is 1.44 bits per heavy atom. The molecule has 1 rings (SSSR count). The van der Waals surface area contributed by atoms with E-state index in [2.05, 4.69) is 25.9 Å². The van der Waals surface area contributed by atoms with Gasteiger partial charge in [0.05, 0.1) is 12.2 Å². The van der Waals surface area contributed by atoms with E-state index < -0.39 is 0 Å². The number of epoxide rings is 1. The number of hydrogen-bond donors (Lipinski definition) is 0. The Morgan fingerprint density at radius 2 is 1.89 bits per heavy atom. The Bertz CT molecular complexity index is 87.1. The zero-order valence-corrected chi connectivity index (χ0v) is 6.94. The van der Waals surface area contributed by atoms with Gasteiger partial charge in [0.25, 0.3) is 0 Å². The van der Waals surface area contributed by atoms with Crippen LogP contribution in [0.15, 0.2) is 0 Å². The van der Waals surface area contributed by atoms with E-state index in [1.807, 2.05) is 0 Å². The van der Waals surface area contributed by atoms with E-state index >= 15 is 0 Å². The van der Waals surface area contributed by atoms with E-state index in [1.165, 1.54) is 0 Å². The largest absolute Gasteiger partial charge is 0.368 e. The zero-order valence-electron chi connectivity index (χ0n) is 6.13. The summed E-state index contributed by atoms with van der Waals surface area (Å²) < 4.78 is 5.19. The Labute approximate surface area is 62.6 Å². The first-order valence-electron chi connectivity index (χ1n) is 3.00. The van der Waals surface area contributed by atoms with Crippen molar-refractivity contribution in [2.24, 2.45) is 0 Å². The van der Waals surface area contributed by atoms with E-state index in [-0.39, 0.29) is 12.4 Å². The number of ether oxygens (including phenoxy) is 1. The van der Waals surface area contributed by atoms with Crippen LogP contribution in [0.1, 0.15) is 6.92 Å². The van der Waals surface area contributed by atoms with Crippen molar-refractivity contribution in [2.75, 3.05) is 20.6 Å². The smallest absolute Gasteiger partial charge is 0.0965 e. The number of hydrogen-bond acceptors (Lipinski definition) is 2. The number of nitrogens with zero attached hydrogens (tertiary/aromatic N) is 1. The van der Waals surface area contributed by atoms with Gasteiger partial charge in [0, 0.05) is 6.54 Å². The first kappa shape index (κ1) is 9.21. The maximum Gasteiger partial charge on any atom is 0.0965 e. The summed E-state index contributed by atoms with van der Waals surface area (Å²) in [5.74, 6) is 0. The van der Waals surface area contributed by atoms with Gasteiger partial charge in [0.15, 0.2) is 0 Å². The molecule has 0 bridgehead atoms. The molecule has 0 radical (unpaired) electrons. The molecule has 0 aromatic carbocycles. The highest BCUT2D eigenvalue weighted by Gasteiger charge is 2.33. The highest BCUT2D eigenvalue weighted by atomic mass is 35.5. The fraction of sp³-hybridized carbons (Fsp3) is 1.00. The molecule has 0 aromatic heterocycles. The lowest BCUT2D eigenvalue weighted by atomic mass is 10.3. The van der Waals surface area contributed by atoms with Gasteiger partial charge in [-0.05, 0) is 21.0 Å². The molecule has 1 heterocycles. The third kappa shape index (κ3) is 3.04. The maximum atomic E-state index is 5.19. The van der Waals surface area contributed by atoms with Crippen LogP contribution >= 0.6 is 12.4 Å². The second-order valence-electron chi connectivity index (χ2n) is 2.64. The maximum absolute atomic E-state index is 5.19. The molecule has 2 atom stereocenters. The molecule has 56 valence electrons. The van der Waals surface area contributed by atoms with Gasteiger partial charge in [-0.1, -0.05) is 0 Å². The topological polar surface area (TPSA) is 15.8 Å². The first-order valence-corrected chi connectivity index (χ1v) is 3.00. The van der Waals surface area contributed by atoms with E-state index in [9.17, 15) is 0 Å². The molecular weight excluding hydrogens is 138 g/mol. The van der Waals surface area contributed by atoms with E-state index in [1.54, 1.807) is 0 Å². The molecule has 1 aliphatic rings. The predicted octanol–water partition coefficient (Wildman–Crippen LogP) is 0.757. The summed E-state index contributed by atoms with van der Waals surface area (Å²) in [4.78, 5) is 2.15. The molecule has 1 fully saturated rings. The van der Waals surface area contributed by atoms with Crippen molar-refractivity contribution < 1.29 is 4.74 Å². The van der Waals surface area contributed by atoms with Gasteiger partial charge in [-0.25, -0.2) is 0 Å². The molecule has 1 aliphatic heterocycles. The van der Waals surface area contributed by atoms with Crippen LogP contribution in [0.3, 0.4) is 0 Å². The molecule has 0 spiro atoms. The summed E-state index contributed by atoms with van der Waals surface area (Å²) in [6, 6.07) is 0.